The Balaban J connectivity index is 1.91. The molecule has 1 atom stereocenters. The average Bonchev–Trinajstić information content (AvgIpc) is 2.83. The summed E-state index contributed by atoms with van der Waals surface area (Å²) in [6, 6.07) is 11.5. The summed E-state index contributed by atoms with van der Waals surface area (Å²) in [6.07, 6.45) is 4.16. The second kappa shape index (κ2) is 12.2. The molecule has 0 aliphatic heterocycles. The van der Waals surface area contributed by atoms with Crippen molar-refractivity contribution in [2.24, 2.45) is 5.73 Å². The van der Waals surface area contributed by atoms with Gasteiger partial charge in [-0.15, -0.1) is 0 Å². The van der Waals surface area contributed by atoms with Gasteiger partial charge in [0.05, 0.1) is 24.8 Å². The molecule has 0 aliphatic carbocycles. The highest BCUT2D eigenvalue weighted by atomic mass is 16.5. The lowest BCUT2D eigenvalue weighted by atomic mass is 10.0. The van der Waals surface area contributed by atoms with Gasteiger partial charge in [0, 0.05) is 35.6 Å². The number of hydrogen-bond donors (Lipinski definition) is 3. The van der Waals surface area contributed by atoms with Gasteiger partial charge in [0.1, 0.15) is 0 Å². The quantitative estimate of drug-likeness (QED) is 0.346. The maximum Gasteiger partial charge on any atom is 0.237 e. The summed E-state index contributed by atoms with van der Waals surface area (Å²) in [5, 5.41) is 7.52. The standard InChI is InChI=1S/C27H36N4O3/c1-5-10-21(28)27(32)30-17-18-11-9-12-22(19(18)6-2)31-23-13-14-29-24-16-26(34-8-4)25(33-7-3)15-20(23)24/h9,11-16,21H,5-8,10,17,28H2,1-4H3,(H,29,31)(H,30,32)/t21-/m0/s1. The van der Waals surface area contributed by atoms with Crippen molar-refractivity contribution in [3.05, 3.63) is 53.7 Å². The molecule has 0 bridgehead atoms. The number of ether oxygens (including phenoxy) is 2. The summed E-state index contributed by atoms with van der Waals surface area (Å²) >= 11 is 0. The number of anilines is 2. The van der Waals surface area contributed by atoms with Crippen molar-refractivity contribution in [1.29, 1.82) is 0 Å². The summed E-state index contributed by atoms with van der Waals surface area (Å²) in [5.74, 6) is 1.27. The van der Waals surface area contributed by atoms with Crippen molar-refractivity contribution < 1.29 is 14.3 Å². The number of nitrogens with zero attached hydrogens (tertiary/aromatic N) is 1. The number of carbonyl (C=O) groups excluding carboxylic acids is 1. The number of nitrogens with two attached hydrogens (primary N) is 1. The van der Waals surface area contributed by atoms with Crippen molar-refractivity contribution in [3.8, 4) is 11.5 Å². The lowest BCUT2D eigenvalue weighted by molar-refractivity contribution is -0.122. The first-order valence-corrected chi connectivity index (χ1v) is 12.1. The molecule has 0 saturated carbocycles. The van der Waals surface area contributed by atoms with Gasteiger partial charge in [-0.3, -0.25) is 9.78 Å². The predicted molar refractivity (Wildman–Crippen MR) is 138 cm³/mol. The minimum Gasteiger partial charge on any atom is -0.490 e. The van der Waals surface area contributed by atoms with Crippen LogP contribution in [-0.2, 0) is 17.8 Å². The predicted octanol–water partition coefficient (Wildman–Crippen LogP) is 5.08. The molecule has 1 heterocycles. The van der Waals surface area contributed by atoms with Crippen LogP contribution >= 0.6 is 0 Å². The van der Waals surface area contributed by atoms with Gasteiger partial charge in [0.2, 0.25) is 5.91 Å². The Hall–Kier alpha value is -3.32. The highest BCUT2D eigenvalue weighted by Gasteiger charge is 2.15. The molecular formula is C27H36N4O3. The van der Waals surface area contributed by atoms with Crippen LogP contribution in [0.5, 0.6) is 11.5 Å². The second-order valence-electron chi connectivity index (χ2n) is 8.08. The van der Waals surface area contributed by atoms with Crippen molar-refractivity contribution in [2.45, 2.75) is 59.5 Å². The van der Waals surface area contributed by atoms with Crippen LogP contribution in [0.3, 0.4) is 0 Å². The zero-order valence-electron chi connectivity index (χ0n) is 20.6. The van der Waals surface area contributed by atoms with Gasteiger partial charge in [-0.1, -0.05) is 32.4 Å². The van der Waals surface area contributed by atoms with E-state index in [0.717, 1.165) is 46.2 Å². The van der Waals surface area contributed by atoms with E-state index in [2.05, 4.69) is 28.6 Å². The third-order valence-electron chi connectivity index (χ3n) is 5.69. The first-order valence-electron chi connectivity index (χ1n) is 12.1. The Bertz CT molecular complexity index is 1120. The minimum absolute atomic E-state index is 0.115. The molecule has 0 radical (unpaired) electrons. The van der Waals surface area contributed by atoms with Crippen LogP contribution in [0.4, 0.5) is 11.4 Å². The van der Waals surface area contributed by atoms with E-state index in [-0.39, 0.29) is 5.91 Å². The van der Waals surface area contributed by atoms with Crippen molar-refractivity contribution in [1.82, 2.24) is 10.3 Å². The fourth-order valence-corrected chi connectivity index (χ4v) is 4.03. The fraction of sp³-hybridized carbons (Fsp3) is 0.407. The van der Waals surface area contributed by atoms with Crippen LogP contribution in [-0.4, -0.2) is 30.1 Å². The van der Waals surface area contributed by atoms with Gasteiger partial charge >= 0.3 is 0 Å². The van der Waals surface area contributed by atoms with Gasteiger partial charge < -0.3 is 25.8 Å². The average molecular weight is 465 g/mol. The van der Waals surface area contributed by atoms with E-state index in [1.807, 2.05) is 51.1 Å². The van der Waals surface area contributed by atoms with Crippen molar-refractivity contribution >= 4 is 28.2 Å². The molecule has 7 heteroatoms. The van der Waals surface area contributed by atoms with Crippen LogP contribution < -0.4 is 25.8 Å². The Morgan fingerprint density at radius 1 is 1.03 bits per heavy atom. The first-order chi connectivity index (χ1) is 16.5. The molecule has 0 spiro atoms. The molecule has 7 nitrogen and oxygen atoms in total. The maximum atomic E-state index is 12.3. The second-order valence-corrected chi connectivity index (χ2v) is 8.08. The summed E-state index contributed by atoms with van der Waals surface area (Å²) in [4.78, 5) is 16.8. The van der Waals surface area contributed by atoms with E-state index in [0.29, 0.717) is 37.7 Å². The third-order valence-corrected chi connectivity index (χ3v) is 5.69. The minimum atomic E-state index is -0.472. The number of fused-ring (bicyclic) bond motifs is 1. The van der Waals surface area contributed by atoms with E-state index in [9.17, 15) is 4.79 Å². The molecule has 2 aromatic carbocycles. The van der Waals surface area contributed by atoms with Crippen LogP contribution in [0.1, 0.15) is 51.7 Å². The molecule has 182 valence electrons. The molecular weight excluding hydrogens is 428 g/mol. The number of aromatic nitrogens is 1. The number of nitrogens with one attached hydrogen (secondary N) is 2. The summed E-state index contributed by atoms with van der Waals surface area (Å²) in [6.45, 7) is 9.58. The van der Waals surface area contributed by atoms with Gasteiger partial charge in [-0.2, -0.15) is 0 Å². The Morgan fingerprint density at radius 3 is 2.44 bits per heavy atom. The highest BCUT2D eigenvalue weighted by Crippen LogP contribution is 2.36. The summed E-state index contributed by atoms with van der Waals surface area (Å²) in [7, 11) is 0. The molecule has 4 N–H and O–H groups in total. The molecule has 34 heavy (non-hydrogen) atoms. The van der Waals surface area contributed by atoms with E-state index in [1.165, 1.54) is 0 Å². The van der Waals surface area contributed by atoms with Crippen LogP contribution in [0.25, 0.3) is 10.9 Å². The van der Waals surface area contributed by atoms with Crippen LogP contribution in [0.2, 0.25) is 0 Å². The van der Waals surface area contributed by atoms with Gasteiger partial charge in [-0.05, 0) is 56.0 Å². The monoisotopic (exact) mass is 464 g/mol. The number of carbonyl (C=O) groups is 1. The number of pyridine rings is 1. The first kappa shape index (κ1) is 25.3. The number of rotatable bonds is 12. The molecule has 0 aliphatic rings. The molecule has 3 rings (SSSR count). The van der Waals surface area contributed by atoms with Crippen molar-refractivity contribution in [2.75, 3.05) is 18.5 Å². The zero-order valence-corrected chi connectivity index (χ0v) is 20.6. The number of hydrogen-bond acceptors (Lipinski definition) is 6. The molecule has 3 aromatic rings. The summed E-state index contributed by atoms with van der Waals surface area (Å²) < 4.78 is 11.6. The maximum absolute atomic E-state index is 12.3. The molecule has 0 saturated heterocycles. The fourth-order valence-electron chi connectivity index (χ4n) is 4.03. The zero-order chi connectivity index (χ0) is 24.5. The third kappa shape index (κ3) is 5.97. The lowest BCUT2D eigenvalue weighted by Crippen LogP contribution is -2.40. The molecule has 1 aromatic heterocycles. The highest BCUT2D eigenvalue weighted by molar-refractivity contribution is 5.95. The molecule has 0 unspecified atom stereocenters. The number of benzene rings is 2. The smallest absolute Gasteiger partial charge is 0.237 e. The lowest BCUT2D eigenvalue weighted by Gasteiger charge is -2.18. The van der Waals surface area contributed by atoms with E-state index in [1.54, 1.807) is 6.20 Å². The normalized spacial score (nSPS) is 11.8. The van der Waals surface area contributed by atoms with Gasteiger partial charge in [0.25, 0.3) is 0 Å². The summed E-state index contributed by atoms with van der Waals surface area (Å²) in [5.41, 5.74) is 10.9. The van der Waals surface area contributed by atoms with E-state index in [4.69, 9.17) is 15.2 Å². The Labute approximate surface area is 202 Å². The Kier molecular flexibility index (Phi) is 9.10. The van der Waals surface area contributed by atoms with Gasteiger partial charge in [-0.25, -0.2) is 0 Å². The topological polar surface area (TPSA) is 98.5 Å². The van der Waals surface area contributed by atoms with Crippen LogP contribution in [0.15, 0.2) is 42.6 Å². The molecule has 0 fully saturated rings. The van der Waals surface area contributed by atoms with E-state index >= 15 is 0 Å². The molecule has 1 amide bonds. The number of amides is 1. The van der Waals surface area contributed by atoms with Gasteiger partial charge in [0.15, 0.2) is 11.5 Å². The SMILES string of the molecule is CCC[C@H](N)C(=O)NCc1cccc(Nc2ccnc3cc(OCC)c(OCC)cc23)c1CC. The van der Waals surface area contributed by atoms with Crippen molar-refractivity contribution in [3.63, 3.8) is 0 Å². The van der Waals surface area contributed by atoms with Crippen LogP contribution in [0, 0.1) is 0 Å². The Morgan fingerprint density at radius 2 is 1.76 bits per heavy atom. The largest absolute Gasteiger partial charge is 0.490 e. The van der Waals surface area contributed by atoms with E-state index < -0.39 is 6.04 Å².